The molecular formula is C19H29N3O4. The Morgan fingerprint density at radius 3 is 2.50 bits per heavy atom. The number of ether oxygens (including phenoxy) is 2. The number of rotatable bonds is 1. The monoisotopic (exact) mass is 363 g/mol. The third kappa shape index (κ3) is 2.22. The van der Waals surface area contributed by atoms with E-state index < -0.39 is 0 Å². The minimum absolute atomic E-state index is 0.0799. The molecule has 5 aliphatic rings. The first-order chi connectivity index (χ1) is 12.5. The maximum absolute atomic E-state index is 11.9. The fraction of sp³-hybridized carbons (Fsp3) is 0.895. The molecule has 2 amide bonds. The number of hydrogen-bond donors (Lipinski definition) is 1. The molecule has 144 valence electrons. The average Bonchev–Trinajstić information content (AvgIpc) is 3.13. The lowest BCUT2D eigenvalue weighted by atomic mass is 9.61. The fourth-order valence-electron chi connectivity index (χ4n) is 6.30. The molecule has 26 heavy (non-hydrogen) atoms. The van der Waals surface area contributed by atoms with E-state index in [9.17, 15) is 9.59 Å². The molecule has 5 fully saturated rings. The second-order valence-corrected chi connectivity index (χ2v) is 9.18. The van der Waals surface area contributed by atoms with Gasteiger partial charge in [-0.05, 0) is 43.9 Å². The number of alkyl carbamates (subject to hydrolysis) is 1. The first-order valence-corrected chi connectivity index (χ1v) is 10.1. The zero-order chi connectivity index (χ0) is 18.0. The van der Waals surface area contributed by atoms with Crippen molar-refractivity contribution in [3.63, 3.8) is 0 Å². The number of fused-ring (bicyclic) bond motifs is 1. The quantitative estimate of drug-likeness (QED) is 0.773. The van der Waals surface area contributed by atoms with Crippen LogP contribution >= 0.6 is 0 Å². The topological polar surface area (TPSA) is 71.1 Å². The number of piperidine rings is 1. The number of likely N-dealkylation sites (tertiary alicyclic amines) is 2. The van der Waals surface area contributed by atoms with E-state index in [1.54, 1.807) is 0 Å². The molecule has 2 saturated carbocycles. The fourth-order valence-corrected chi connectivity index (χ4v) is 6.30. The Morgan fingerprint density at radius 2 is 1.88 bits per heavy atom. The summed E-state index contributed by atoms with van der Waals surface area (Å²) in [6, 6.07) is 0.618. The Bertz CT molecular complexity index is 618. The number of methoxy groups -OCH3 is 1. The van der Waals surface area contributed by atoms with Crippen molar-refractivity contribution in [3.8, 4) is 0 Å². The van der Waals surface area contributed by atoms with Gasteiger partial charge in [0.05, 0.1) is 12.6 Å². The molecule has 3 heterocycles. The van der Waals surface area contributed by atoms with Crippen LogP contribution in [0.4, 0.5) is 9.59 Å². The highest BCUT2D eigenvalue weighted by Crippen LogP contribution is 2.54. The third-order valence-electron chi connectivity index (χ3n) is 8.04. The maximum atomic E-state index is 11.9. The Morgan fingerprint density at radius 1 is 1.15 bits per heavy atom. The highest BCUT2D eigenvalue weighted by molar-refractivity contribution is 5.73. The van der Waals surface area contributed by atoms with Gasteiger partial charge in [-0.1, -0.05) is 0 Å². The van der Waals surface area contributed by atoms with Crippen LogP contribution in [-0.2, 0) is 9.47 Å². The normalized spacial score (nSPS) is 37.3. The van der Waals surface area contributed by atoms with Crippen molar-refractivity contribution >= 4 is 12.2 Å². The predicted octanol–water partition coefficient (Wildman–Crippen LogP) is 2.10. The van der Waals surface area contributed by atoms with Crippen molar-refractivity contribution in [1.29, 1.82) is 0 Å². The van der Waals surface area contributed by atoms with Crippen molar-refractivity contribution in [2.45, 2.75) is 68.5 Å². The molecule has 3 aliphatic heterocycles. The standard InChI is InChI=1S/C19H29N3O4/c1-25-16(24)22-8-5-17(13-22)11-14(12-17)21-9-6-19(7-10-21)18(3-2-4-18)20-15(23)26-19/h14H,2-13H2,1H3,(H,20,23). The summed E-state index contributed by atoms with van der Waals surface area (Å²) < 4.78 is 10.7. The van der Waals surface area contributed by atoms with Gasteiger partial charge in [0.25, 0.3) is 0 Å². The van der Waals surface area contributed by atoms with Gasteiger partial charge < -0.3 is 24.6 Å². The summed E-state index contributed by atoms with van der Waals surface area (Å²) in [6.45, 7) is 3.70. The van der Waals surface area contributed by atoms with Crippen LogP contribution in [0.1, 0.15) is 51.4 Å². The summed E-state index contributed by atoms with van der Waals surface area (Å²) >= 11 is 0. The van der Waals surface area contributed by atoms with Crippen molar-refractivity contribution in [3.05, 3.63) is 0 Å². The van der Waals surface area contributed by atoms with Gasteiger partial charge in [0.15, 0.2) is 0 Å². The van der Waals surface area contributed by atoms with Gasteiger partial charge in [0, 0.05) is 45.1 Å². The van der Waals surface area contributed by atoms with E-state index in [2.05, 4.69) is 10.2 Å². The predicted molar refractivity (Wildman–Crippen MR) is 93.8 cm³/mol. The van der Waals surface area contributed by atoms with Gasteiger partial charge in [-0.3, -0.25) is 0 Å². The Balaban J connectivity index is 1.17. The zero-order valence-corrected chi connectivity index (χ0v) is 15.6. The van der Waals surface area contributed by atoms with Crippen LogP contribution in [0.5, 0.6) is 0 Å². The summed E-state index contributed by atoms with van der Waals surface area (Å²) in [5.41, 5.74) is -0.0383. The van der Waals surface area contributed by atoms with Crippen molar-refractivity contribution in [1.82, 2.24) is 15.1 Å². The average molecular weight is 363 g/mol. The first kappa shape index (κ1) is 16.7. The highest BCUT2D eigenvalue weighted by atomic mass is 16.6. The molecule has 0 unspecified atom stereocenters. The number of carbonyl (C=O) groups is 2. The van der Waals surface area contributed by atoms with E-state index in [1.165, 1.54) is 26.4 Å². The van der Waals surface area contributed by atoms with Gasteiger partial charge in [0.2, 0.25) is 0 Å². The molecular weight excluding hydrogens is 334 g/mol. The van der Waals surface area contributed by atoms with E-state index >= 15 is 0 Å². The molecule has 0 atom stereocenters. The molecule has 0 aromatic carbocycles. The Labute approximate surface area is 154 Å². The van der Waals surface area contributed by atoms with Gasteiger partial charge in [-0.25, -0.2) is 9.59 Å². The smallest absolute Gasteiger partial charge is 0.409 e. The van der Waals surface area contributed by atoms with Crippen molar-refractivity contribution in [2.75, 3.05) is 33.3 Å². The largest absolute Gasteiger partial charge is 0.453 e. The number of carbonyl (C=O) groups excluding carboxylic acids is 2. The number of hydrogen-bond acceptors (Lipinski definition) is 5. The second kappa shape index (κ2) is 5.50. The molecule has 3 saturated heterocycles. The highest BCUT2D eigenvalue weighted by Gasteiger charge is 2.64. The number of nitrogens with zero attached hydrogens (tertiary/aromatic N) is 2. The summed E-state index contributed by atoms with van der Waals surface area (Å²) in [7, 11) is 1.46. The number of nitrogens with one attached hydrogen (secondary N) is 1. The molecule has 5 rings (SSSR count). The van der Waals surface area contributed by atoms with E-state index in [0.29, 0.717) is 11.5 Å². The van der Waals surface area contributed by atoms with Crippen LogP contribution in [0, 0.1) is 5.41 Å². The zero-order valence-electron chi connectivity index (χ0n) is 15.6. The van der Waals surface area contributed by atoms with Gasteiger partial charge in [-0.15, -0.1) is 0 Å². The molecule has 1 N–H and O–H groups in total. The molecule has 3 spiro atoms. The number of amides is 2. The van der Waals surface area contributed by atoms with Crippen LogP contribution in [-0.4, -0.2) is 72.5 Å². The minimum atomic E-state index is -0.269. The lowest BCUT2D eigenvalue weighted by Crippen LogP contribution is -2.66. The summed E-state index contributed by atoms with van der Waals surface area (Å²) in [5, 5.41) is 3.13. The first-order valence-electron chi connectivity index (χ1n) is 10.1. The maximum Gasteiger partial charge on any atom is 0.409 e. The van der Waals surface area contributed by atoms with Crippen LogP contribution in [0.25, 0.3) is 0 Å². The molecule has 0 radical (unpaired) electrons. The van der Waals surface area contributed by atoms with Crippen molar-refractivity contribution < 1.29 is 19.1 Å². The summed E-state index contributed by atoms with van der Waals surface area (Å²) in [4.78, 5) is 28.1. The van der Waals surface area contributed by atoms with Crippen LogP contribution in [0.3, 0.4) is 0 Å². The minimum Gasteiger partial charge on any atom is -0.453 e. The third-order valence-corrected chi connectivity index (χ3v) is 8.04. The van der Waals surface area contributed by atoms with E-state index in [4.69, 9.17) is 9.47 Å². The van der Waals surface area contributed by atoms with Gasteiger partial charge in [0.1, 0.15) is 5.60 Å². The second-order valence-electron chi connectivity index (χ2n) is 9.18. The molecule has 0 bridgehead atoms. The van der Waals surface area contributed by atoms with Crippen LogP contribution in [0.15, 0.2) is 0 Å². The van der Waals surface area contributed by atoms with Crippen molar-refractivity contribution in [2.24, 2.45) is 5.41 Å². The molecule has 7 nitrogen and oxygen atoms in total. The van der Waals surface area contributed by atoms with Crippen LogP contribution in [0.2, 0.25) is 0 Å². The summed E-state index contributed by atoms with van der Waals surface area (Å²) in [5.74, 6) is 0. The Kier molecular flexibility index (Phi) is 3.53. The Hall–Kier alpha value is -1.50. The lowest BCUT2D eigenvalue weighted by Gasteiger charge is -2.56. The van der Waals surface area contributed by atoms with E-state index in [0.717, 1.165) is 58.3 Å². The van der Waals surface area contributed by atoms with Crippen LogP contribution < -0.4 is 5.32 Å². The van der Waals surface area contributed by atoms with Gasteiger partial charge in [-0.2, -0.15) is 0 Å². The van der Waals surface area contributed by atoms with E-state index in [1.807, 2.05) is 4.90 Å². The molecule has 0 aromatic heterocycles. The SMILES string of the molecule is COC(=O)N1CCC2(CC(N3CCC4(CC3)OC(=O)NC43CCC3)C2)C1. The molecule has 2 aliphatic carbocycles. The van der Waals surface area contributed by atoms with Gasteiger partial charge >= 0.3 is 12.2 Å². The lowest BCUT2D eigenvalue weighted by molar-refractivity contribution is -0.0971. The molecule has 7 heteroatoms. The van der Waals surface area contributed by atoms with E-state index in [-0.39, 0.29) is 23.3 Å². The summed E-state index contributed by atoms with van der Waals surface area (Å²) in [6.07, 6.45) is 8.27. The molecule has 0 aromatic rings.